The smallest absolute Gasteiger partial charge is 0.251 e. The van der Waals surface area contributed by atoms with Crippen LogP contribution in [-0.2, 0) is 6.54 Å². The van der Waals surface area contributed by atoms with Crippen LogP contribution in [0.25, 0.3) is 0 Å². The van der Waals surface area contributed by atoms with Crippen LogP contribution in [-0.4, -0.2) is 21.1 Å². The van der Waals surface area contributed by atoms with Gasteiger partial charge in [0.15, 0.2) is 0 Å². The summed E-state index contributed by atoms with van der Waals surface area (Å²) in [7, 11) is 0. The number of nitrogens with zero attached hydrogens (tertiary/aromatic N) is 1. The van der Waals surface area contributed by atoms with Gasteiger partial charge >= 0.3 is 0 Å². The molecule has 0 unspecified atom stereocenters. The number of hydrogen-bond acceptors (Lipinski definition) is 3. The van der Waals surface area contributed by atoms with E-state index in [0.717, 1.165) is 11.3 Å². The summed E-state index contributed by atoms with van der Waals surface area (Å²) in [5.74, 6) is -0.281. The predicted molar refractivity (Wildman–Crippen MR) is 61.6 cm³/mol. The van der Waals surface area contributed by atoms with Crippen molar-refractivity contribution in [3.05, 3.63) is 51.7 Å². The van der Waals surface area contributed by atoms with Crippen LogP contribution in [0, 0.1) is 6.92 Å². The van der Waals surface area contributed by atoms with Crippen molar-refractivity contribution >= 4 is 5.91 Å². The third kappa shape index (κ3) is 2.60. The van der Waals surface area contributed by atoms with Crippen molar-refractivity contribution in [1.82, 2.24) is 20.5 Å². The summed E-state index contributed by atoms with van der Waals surface area (Å²) in [6.07, 6.45) is 3.10. The summed E-state index contributed by atoms with van der Waals surface area (Å²) in [5, 5.41) is 9.36. The Morgan fingerprint density at radius 2 is 2.35 bits per heavy atom. The second-order valence-corrected chi connectivity index (χ2v) is 3.64. The second kappa shape index (κ2) is 4.65. The molecule has 17 heavy (non-hydrogen) atoms. The molecule has 0 saturated heterocycles. The molecule has 0 spiro atoms. The third-order valence-electron chi connectivity index (χ3n) is 2.41. The molecule has 0 aliphatic rings. The molecular weight excluding hydrogens is 220 g/mol. The number of H-pyrrole nitrogens is 2. The number of hydrogen-bond donors (Lipinski definition) is 3. The van der Waals surface area contributed by atoms with E-state index in [4.69, 9.17) is 0 Å². The molecule has 2 rings (SSSR count). The standard InChI is InChI=1S/C11H12N4O2/c1-7-9(6-14-15-7)5-13-11(17)8-2-3-12-10(16)4-8/h2-4,6H,5H2,1H3,(H,12,16)(H,13,17)(H,14,15). The summed E-state index contributed by atoms with van der Waals surface area (Å²) >= 11 is 0. The molecule has 0 saturated carbocycles. The van der Waals surface area contributed by atoms with Gasteiger partial charge in [-0.25, -0.2) is 0 Å². The number of rotatable bonds is 3. The Bertz CT molecular complexity index is 585. The summed E-state index contributed by atoms with van der Waals surface area (Å²) < 4.78 is 0. The number of nitrogens with one attached hydrogen (secondary N) is 3. The van der Waals surface area contributed by atoms with Crippen LogP contribution >= 0.6 is 0 Å². The zero-order valence-electron chi connectivity index (χ0n) is 9.28. The zero-order chi connectivity index (χ0) is 12.3. The van der Waals surface area contributed by atoms with Gasteiger partial charge in [0.25, 0.3) is 5.91 Å². The fourth-order valence-electron chi connectivity index (χ4n) is 1.42. The van der Waals surface area contributed by atoms with Gasteiger partial charge in [-0.05, 0) is 13.0 Å². The van der Waals surface area contributed by atoms with Crippen molar-refractivity contribution in [2.75, 3.05) is 0 Å². The van der Waals surface area contributed by atoms with E-state index >= 15 is 0 Å². The van der Waals surface area contributed by atoms with Crippen molar-refractivity contribution in [1.29, 1.82) is 0 Å². The Morgan fingerprint density at radius 3 is 3.00 bits per heavy atom. The van der Waals surface area contributed by atoms with E-state index < -0.39 is 0 Å². The summed E-state index contributed by atoms with van der Waals surface area (Å²) in [6, 6.07) is 2.82. The topological polar surface area (TPSA) is 90.6 Å². The van der Waals surface area contributed by atoms with Crippen molar-refractivity contribution in [3.63, 3.8) is 0 Å². The largest absolute Gasteiger partial charge is 0.348 e. The fourth-order valence-corrected chi connectivity index (χ4v) is 1.42. The van der Waals surface area contributed by atoms with Crippen LogP contribution in [0.4, 0.5) is 0 Å². The molecule has 2 heterocycles. The number of pyridine rings is 1. The molecule has 0 aliphatic heterocycles. The molecule has 0 radical (unpaired) electrons. The Hall–Kier alpha value is -2.37. The summed E-state index contributed by atoms with van der Waals surface area (Å²) in [4.78, 5) is 25.2. The maximum atomic E-state index is 11.7. The molecule has 0 atom stereocenters. The fraction of sp³-hybridized carbons (Fsp3) is 0.182. The van der Waals surface area contributed by atoms with Gasteiger partial charge in [-0.1, -0.05) is 0 Å². The highest BCUT2D eigenvalue weighted by molar-refractivity contribution is 5.93. The number of aryl methyl sites for hydroxylation is 1. The maximum absolute atomic E-state index is 11.7. The number of amides is 1. The first-order chi connectivity index (χ1) is 8.16. The SMILES string of the molecule is Cc1[nH]ncc1CNC(=O)c1cc[nH]c(=O)c1. The first kappa shape index (κ1) is 11.1. The lowest BCUT2D eigenvalue weighted by atomic mass is 10.2. The molecule has 2 aromatic heterocycles. The van der Waals surface area contributed by atoms with Crippen molar-refractivity contribution in [2.24, 2.45) is 0 Å². The van der Waals surface area contributed by atoms with Gasteiger partial charge in [0.2, 0.25) is 5.56 Å². The van der Waals surface area contributed by atoms with E-state index in [9.17, 15) is 9.59 Å². The number of carbonyl (C=O) groups excluding carboxylic acids is 1. The van der Waals surface area contributed by atoms with Gasteiger partial charge in [0.05, 0.1) is 6.20 Å². The Labute approximate surface area is 97.1 Å². The molecule has 1 amide bonds. The van der Waals surface area contributed by atoms with Gasteiger partial charge in [0, 0.05) is 35.6 Å². The van der Waals surface area contributed by atoms with E-state index in [0.29, 0.717) is 12.1 Å². The van der Waals surface area contributed by atoms with E-state index in [1.807, 2.05) is 6.92 Å². The highest BCUT2D eigenvalue weighted by atomic mass is 16.2. The zero-order valence-corrected chi connectivity index (χ0v) is 9.28. The molecule has 0 bridgehead atoms. The first-order valence-corrected chi connectivity index (χ1v) is 5.12. The summed E-state index contributed by atoms with van der Waals surface area (Å²) in [5.41, 5.74) is 1.88. The van der Waals surface area contributed by atoms with Gasteiger partial charge in [-0.15, -0.1) is 0 Å². The van der Waals surface area contributed by atoms with E-state index in [1.54, 1.807) is 12.3 Å². The van der Waals surface area contributed by atoms with Gasteiger partial charge in [-0.2, -0.15) is 5.10 Å². The van der Waals surface area contributed by atoms with Crippen molar-refractivity contribution < 1.29 is 4.79 Å². The molecular formula is C11H12N4O2. The van der Waals surface area contributed by atoms with Crippen LogP contribution in [0.5, 0.6) is 0 Å². The average Bonchev–Trinajstić information content (AvgIpc) is 2.72. The van der Waals surface area contributed by atoms with E-state index in [2.05, 4.69) is 20.5 Å². The third-order valence-corrected chi connectivity index (χ3v) is 2.41. The van der Waals surface area contributed by atoms with Crippen LogP contribution in [0.15, 0.2) is 29.3 Å². The lowest BCUT2D eigenvalue weighted by molar-refractivity contribution is 0.0950. The highest BCUT2D eigenvalue weighted by Gasteiger charge is 2.07. The second-order valence-electron chi connectivity index (χ2n) is 3.64. The molecule has 88 valence electrons. The molecule has 6 nitrogen and oxygen atoms in total. The lowest BCUT2D eigenvalue weighted by Crippen LogP contribution is -2.24. The minimum atomic E-state index is -0.294. The number of aromatic nitrogens is 3. The molecule has 6 heteroatoms. The highest BCUT2D eigenvalue weighted by Crippen LogP contribution is 2.02. The van der Waals surface area contributed by atoms with Crippen LogP contribution in [0.1, 0.15) is 21.6 Å². The predicted octanol–water partition coefficient (Wildman–Crippen LogP) is 0.336. The van der Waals surface area contributed by atoms with Crippen molar-refractivity contribution in [2.45, 2.75) is 13.5 Å². The molecule has 2 aromatic rings. The Balaban J connectivity index is 2.03. The van der Waals surface area contributed by atoms with Gasteiger partial charge in [0.1, 0.15) is 0 Å². The molecule has 3 N–H and O–H groups in total. The Morgan fingerprint density at radius 1 is 1.53 bits per heavy atom. The van der Waals surface area contributed by atoms with Crippen LogP contribution in [0.2, 0.25) is 0 Å². The summed E-state index contributed by atoms with van der Waals surface area (Å²) in [6.45, 7) is 2.26. The van der Waals surface area contributed by atoms with E-state index in [-0.39, 0.29) is 11.5 Å². The quantitative estimate of drug-likeness (QED) is 0.712. The van der Waals surface area contributed by atoms with Crippen LogP contribution in [0.3, 0.4) is 0 Å². The number of aromatic amines is 2. The number of carbonyl (C=O) groups is 1. The van der Waals surface area contributed by atoms with Crippen molar-refractivity contribution in [3.8, 4) is 0 Å². The molecule has 0 aromatic carbocycles. The monoisotopic (exact) mass is 232 g/mol. The normalized spacial score (nSPS) is 10.2. The maximum Gasteiger partial charge on any atom is 0.251 e. The van der Waals surface area contributed by atoms with Crippen LogP contribution < -0.4 is 10.9 Å². The molecule has 0 aliphatic carbocycles. The average molecular weight is 232 g/mol. The Kier molecular flexibility index (Phi) is 3.04. The molecule has 0 fully saturated rings. The minimum Gasteiger partial charge on any atom is -0.348 e. The minimum absolute atomic E-state index is 0.281. The lowest BCUT2D eigenvalue weighted by Gasteiger charge is -2.03. The van der Waals surface area contributed by atoms with Gasteiger partial charge in [-0.3, -0.25) is 14.7 Å². The van der Waals surface area contributed by atoms with E-state index in [1.165, 1.54) is 12.3 Å². The first-order valence-electron chi connectivity index (χ1n) is 5.12. The van der Waals surface area contributed by atoms with Gasteiger partial charge < -0.3 is 10.3 Å².